The monoisotopic (exact) mass is 602 g/mol. The van der Waals surface area contributed by atoms with Crippen LogP contribution in [-0.2, 0) is 16.6 Å². The SMILES string of the molecule is C=CC(=O)N1CCN(c2cc(O[C@@H](C)[C@@H]3CCCN3C)nc(-c3noc([C@@]4(C)CCCc5sc(N)c(C#N)c54)n3)c2)CC1. The molecule has 3 aliphatic rings. The van der Waals surface area contributed by atoms with Crippen molar-refractivity contribution in [2.45, 2.75) is 63.5 Å². The lowest BCUT2D eigenvalue weighted by molar-refractivity contribution is -0.126. The molecule has 5 heterocycles. The molecule has 0 bridgehead atoms. The fourth-order valence-electron chi connectivity index (χ4n) is 6.82. The summed E-state index contributed by atoms with van der Waals surface area (Å²) in [5, 5.41) is 14.8. The number of anilines is 2. The fraction of sp³-hybridized carbons (Fsp3) is 0.516. The van der Waals surface area contributed by atoms with Crippen LogP contribution < -0.4 is 15.4 Å². The minimum absolute atomic E-state index is 0.0563. The van der Waals surface area contributed by atoms with E-state index in [1.54, 1.807) is 4.90 Å². The number of nitriles is 1. The molecule has 226 valence electrons. The molecule has 0 spiro atoms. The van der Waals surface area contributed by atoms with Gasteiger partial charge in [-0.1, -0.05) is 11.7 Å². The van der Waals surface area contributed by atoms with E-state index in [4.69, 9.17) is 25.0 Å². The maximum atomic E-state index is 12.2. The van der Waals surface area contributed by atoms with Crippen LogP contribution in [0.1, 0.15) is 61.4 Å². The van der Waals surface area contributed by atoms with Gasteiger partial charge in [-0.05, 0) is 71.7 Å². The van der Waals surface area contributed by atoms with Gasteiger partial charge in [0.2, 0.25) is 23.5 Å². The highest BCUT2D eigenvalue weighted by Crippen LogP contribution is 2.48. The quantitative estimate of drug-likeness (QED) is 0.395. The zero-order chi connectivity index (χ0) is 30.3. The number of hydrogen-bond acceptors (Lipinski definition) is 11. The van der Waals surface area contributed by atoms with Gasteiger partial charge in [-0.3, -0.25) is 9.69 Å². The number of aromatic nitrogens is 3. The van der Waals surface area contributed by atoms with Gasteiger partial charge < -0.3 is 24.8 Å². The van der Waals surface area contributed by atoms with Crippen molar-refractivity contribution in [3.8, 4) is 23.5 Å². The molecule has 3 aromatic rings. The lowest BCUT2D eigenvalue weighted by Gasteiger charge is -2.36. The third-order valence-corrected chi connectivity index (χ3v) is 10.3. The predicted octanol–water partition coefficient (Wildman–Crippen LogP) is 3.99. The second-order valence-electron chi connectivity index (χ2n) is 11.9. The van der Waals surface area contributed by atoms with Crippen molar-refractivity contribution >= 4 is 27.9 Å². The van der Waals surface area contributed by atoms with Crippen molar-refractivity contribution in [3.05, 3.63) is 46.7 Å². The minimum atomic E-state index is -0.620. The number of carbonyl (C=O) groups is 1. The Kier molecular flexibility index (Phi) is 7.87. The molecule has 2 saturated heterocycles. The summed E-state index contributed by atoms with van der Waals surface area (Å²) in [5.41, 5.74) is 8.50. The van der Waals surface area contributed by atoms with Crippen LogP contribution in [0.4, 0.5) is 10.7 Å². The van der Waals surface area contributed by atoms with Crippen molar-refractivity contribution in [1.29, 1.82) is 5.26 Å². The van der Waals surface area contributed by atoms with E-state index < -0.39 is 5.41 Å². The highest BCUT2D eigenvalue weighted by Gasteiger charge is 2.43. The highest BCUT2D eigenvalue weighted by molar-refractivity contribution is 7.16. The number of ether oxygens (including phenoxy) is 1. The van der Waals surface area contributed by atoms with Gasteiger partial charge in [-0.25, -0.2) is 4.98 Å². The summed E-state index contributed by atoms with van der Waals surface area (Å²) in [6.07, 6.45) is 6.12. The number of hydrogen-bond donors (Lipinski definition) is 1. The number of carbonyl (C=O) groups excluding carboxylic acids is 1. The zero-order valence-electron chi connectivity index (χ0n) is 25.0. The van der Waals surface area contributed by atoms with Crippen LogP contribution in [0.3, 0.4) is 0 Å². The van der Waals surface area contributed by atoms with Gasteiger partial charge in [0.15, 0.2) is 0 Å². The first-order valence-corrected chi connectivity index (χ1v) is 15.7. The van der Waals surface area contributed by atoms with Crippen LogP contribution in [0.15, 0.2) is 29.3 Å². The molecule has 0 aromatic carbocycles. The Hall–Kier alpha value is -3.95. The van der Waals surface area contributed by atoms with Gasteiger partial charge in [-0.2, -0.15) is 10.2 Å². The number of amides is 1. The largest absolute Gasteiger partial charge is 0.473 e. The van der Waals surface area contributed by atoms with Crippen LogP contribution >= 0.6 is 11.3 Å². The number of fused-ring (bicyclic) bond motifs is 1. The topological polar surface area (TPSA) is 138 Å². The van der Waals surface area contributed by atoms with E-state index in [1.807, 2.05) is 12.1 Å². The summed E-state index contributed by atoms with van der Waals surface area (Å²) < 4.78 is 12.4. The molecule has 1 amide bonds. The Balaban J connectivity index is 1.34. The molecule has 2 fully saturated rings. The van der Waals surface area contributed by atoms with E-state index >= 15 is 0 Å². The summed E-state index contributed by atoms with van der Waals surface area (Å²) in [7, 11) is 2.13. The number of thiophene rings is 1. The number of aryl methyl sites for hydroxylation is 1. The molecular weight excluding hydrogens is 564 g/mol. The number of likely N-dealkylation sites (N-methyl/N-ethyl adjacent to an activating group) is 1. The van der Waals surface area contributed by atoms with Crippen molar-refractivity contribution in [3.63, 3.8) is 0 Å². The summed E-state index contributed by atoms with van der Waals surface area (Å²) in [6.45, 7) is 11.3. The van der Waals surface area contributed by atoms with Crippen molar-refractivity contribution in [1.82, 2.24) is 24.9 Å². The summed E-state index contributed by atoms with van der Waals surface area (Å²) in [4.78, 5) is 29.4. The predicted molar refractivity (Wildman–Crippen MR) is 165 cm³/mol. The first kappa shape index (κ1) is 29.1. The maximum Gasteiger partial charge on any atom is 0.246 e. The third-order valence-electron chi connectivity index (χ3n) is 9.22. The minimum Gasteiger partial charge on any atom is -0.473 e. The number of piperazine rings is 1. The van der Waals surface area contributed by atoms with E-state index in [0.717, 1.165) is 54.8 Å². The molecule has 3 aromatic heterocycles. The van der Waals surface area contributed by atoms with Gasteiger partial charge >= 0.3 is 0 Å². The lowest BCUT2D eigenvalue weighted by atomic mass is 9.72. The van der Waals surface area contributed by atoms with Crippen LogP contribution in [-0.4, -0.2) is 82.7 Å². The van der Waals surface area contributed by atoms with Gasteiger partial charge in [0.05, 0.1) is 11.0 Å². The normalized spacial score (nSPS) is 23.1. The molecule has 11 nitrogen and oxygen atoms in total. The molecule has 0 saturated carbocycles. The van der Waals surface area contributed by atoms with E-state index in [9.17, 15) is 10.1 Å². The Labute approximate surface area is 255 Å². The molecule has 43 heavy (non-hydrogen) atoms. The summed E-state index contributed by atoms with van der Waals surface area (Å²) in [5.74, 6) is 1.26. The lowest BCUT2D eigenvalue weighted by Crippen LogP contribution is -2.48. The number of pyridine rings is 1. The Morgan fingerprint density at radius 2 is 2.07 bits per heavy atom. The van der Waals surface area contributed by atoms with Crippen molar-refractivity contribution in [2.24, 2.45) is 0 Å². The summed E-state index contributed by atoms with van der Waals surface area (Å²) >= 11 is 1.48. The Bertz CT molecular complexity index is 1570. The zero-order valence-corrected chi connectivity index (χ0v) is 25.8. The smallest absolute Gasteiger partial charge is 0.246 e. The Morgan fingerprint density at radius 1 is 1.28 bits per heavy atom. The van der Waals surface area contributed by atoms with Crippen molar-refractivity contribution < 1.29 is 14.1 Å². The van der Waals surface area contributed by atoms with E-state index in [2.05, 4.69) is 48.5 Å². The standard InChI is InChI=1S/C31H38N8O3S/c1-5-26(40)39-14-12-38(13-15-39)20-16-22(34-25(17-20)41-19(2)23-8-7-11-37(23)4)29-35-30(42-36-29)31(3)10-6-9-24-27(31)21(18-32)28(33)43-24/h5,16-17,19,23H,1,6-15,33H2,2-4H3/t19-,23-,31-/m0/s1. The second kappa shape index (κ2) is 11.6. The van der Waals surface area contributed by atoms with Crippen LogP contribution in [0.2, 0.25) is 0 Å². The maximum absolute atomic E-state index is 12.2. The molecule has 2 aliphatic heterocycles. The second-order valence-corrected chi connectivity index (χ2v) is 13.1. The number of rotatable bonds is 7. The van der Waals surface area contributed by atoms with Crippen LogP contribution in [0, 0.1) is 11.3 Å². The van der Waals surface area contributed by atoms with Crippen LogP contribution in [0.25, 0.3) is 11.5 Å². The molecule has 12 heteroatoms. The fourth-order valence-corrected chi connectivity index (χ4v) is 8.01. The molecule has 1 aliphatic carbocycles. The Morgan fingerprint density at radius 3 is 2.77 bits per heavy atom. The van der Waals surface area contributed by atoms with Gasteiger partial charge in [0, 0.05) is 54.4 Å². The van der Waals surface area contributed by atoms with Crippen LogP contribution in [0.5, 0.6) is 5.88 Å². The molecular formula is C31H38N8O3S. The first-order chi connectivity index (χ1) is 20.7. The number of likely N-dealkylation sites (tertiary alicyclic amines) is 1. The van der Waals surface area contributed by atoms with Crippen molar-refractivity contribution in [2.75, 3.05) is 50.4 Å². The first-order valence-electron chi connectivity index (χ1n) is 14.9. The number of nitrogens with zero attached hydrogens (tertiary/aromatic N) is 7. The van der Waals surface area contributed by atoms with Gasteiger partial charge in [-0.15, -0.1) is 11.3 Å². The molecule has 2 N–H and O–H groups in total. The highest BCUT2D eigenvalue weighted by atomic mass is 32.1. The number of nitrogens with two attached hydrogens (primary N) is 1. The molecule has 3 atom stereocenters. The third kappa shape index (κ3) is 5.36. The average Bonchev–Trinajstić information content (AvgIpc) is 3.75. The molecule has 6 rings (SSSR count). The summed E-state index contributed by atoms with van der Waals surface area (Å²) in [6, 6.07) is 6.53. The van der Waals surface area contributed by atoms with E-state index in [0.29, 0.717) is 66.1 Å². The average molecular weight is 603 g/mol. The van der Waals surface area contributed by atoms with Gasteiger partial charge in [0.1, 0.15) is 22.9 Å². The van der Waals surface area contributed by atoms with E-state index in [-0.39, 0.29) is 12.0 Å². The van der Waals surface area contributed by atoms with E-state index in [1.165, 1.54) is 17.4 Å². The number of nitrogen functional groups attached to an aromatic ring is 1. The molecule has 0 radical (unpaired) electrons. The van der Waals surface area contributed by atoms with Gasteiger partial charge in [0.25, 0.3) is 0 Å². The molecule has 0 unspecified atom stereocenters.